The summed E-state index contributed by atoms with van der Waals surface area (Å²) in [6, 6.07) is 24.2. The van der Waals surface area contributed by atoms with Gasteiger partial charge < -0.3 is 14.6 Å². The Kier molecular flexibility index (Phi) is 6.88. The van der Waals surface area contributed by atoms with Crippen molar-refractivity contribution >= 4 is 32.5 Å². The summed E-state index contributed by atoms with van der Waals surface area (Å²) in [7, 11) is 3.73. The molecule has 1 saturated heterocycles. The van der Waals surface area contributed by atoms with E-state index in [1.54, 1.807) is 23.9 Å². The smallest absolute Gasteiger partial charge is 0.269 e. The normalized spacial score (nSPS) is 15.4. The van der Waals surface area contributed by atoms with E-state index in [0.29, 0.717) is 27.8 Å². The molecule has 212 valence electrons. The van der Waals surface area contributed by atoms with Gasteiger partial charge in [0.15, 0.2) is 0 Å². The fraction of sp³-hybridized carbons (Fsp3) is 0.235. The molecule has 3 aromatic heterocycles. The Morgan fingerprint density at radius 2 is 1.81 bits per heavy atom. The molecule has 6 nitrogen and oxygen atoms in total. The number of hydrogen-bond donors (Lipinski definition) is 1. The Morgan fingerprint density at radius 1 is 1.02 bits per heavy atom. The number of nitrogens with zero attached hydrogens (tertiary/aromatic N) is 3. The number of rotatable bonds is 6. The van der Waals surface area contributed by atoms with E-state index < -0.39 is 11.9 Å². The zero-order valence-corrected chi connectivity index (χ0v) is 24.3. The predicted molar refractivity (Wildman–Crippen MR) is 167 cm³/mol. The van der Waals surface area contributed by atoms with Gasteiger partial charge in [0, 0.05) is 22.0 Å². The molecule has 0 amide bonds. The summed E-state index contributed by atoms with van der Waals surface area (Å²) in [4.78, 5) is 25.7. The molecule has 7 rings (SSSR count). The summed E-state index contributed by atoms with van der Waals surface area (Å²) in [5, 5.41) is 0.880. The Morgan fingerprint density at radius 3 is 2.57 bits per heavy atom. The highest BCUT2D eigenvalue weighted by atomic mass is 32.1. The van der Waals surface area contributed by atoms with Crippen LogP contribution in [0.4, 0.5) is 4.39 Å². The molecule has 0 spiro atoms. The molecule has 1 aliphatic heterocycles. The van der Waals surface area contributed by atoms with E-state index in [-0.39, 0.29) is 5.56 Å². The van der Waals surface area contributed by atoms with Crippen LogP contribution >= 0.6 is 11.3 Å². The molecular weight excluding hydrogens is 547 g/mol. The van der Waals surface area contributed by atoms with Crippen molar-refractivity contribution in [2.24, 2.45) is 0 Å². The van der Waals surface area contributed by atoms with Gasteiger partial charge in [-0.05, 0) is 92.5 Å². The Hall–Kier alpha value is -4.27. The third-order valence-corrected chi connectivity index (χ3v) is 9.61. The number of hydrogen-bond acceptors (Lipinski definition) is 5. The zero-order valence-electron chi connectivity index (χ0n) is 23.5. The van der Waals surface area contributed by atoms with Crippen LogP contribution in [0.15, 0.2) is 89.9 Å². The molecule has 3 aromatic carbocycles. The first kappa shape index (κ1) is 26.6. The SMILES string of the molecule is COc1ccc(F)cc1[C@@H](c1nc2ccccc2[nH]1)n1ccc2cc(-c3ccc(C4CCN(C)CC4)cc3)sc2c1=O. The predicted octanol–water partition coefficient (Wildman–Crippen LogP) is 7.20. The second-order valence-corrected chi connectivity index (χ2v) is 12.1. The monoisotopic (exact) mass is 578 g/mol. The maximum Gasteiger partial charge on any atom is 0.269 e. The maximum absolute atomic E-state index is 14.6. The molecule has 1 atom stereocenters. The van der Waals surface area contributed by atoms with Crippen LogP contribution < -0.4 is 10.3 Å². The van der Waals surface area contributed by atoms with Crippen molar-refractivity contribution in [3.8, 4) is 16.2 Å². The van der Waals surface area contributed by atoms with Crippen LogP contribution in [0.3, 0.4) is 0 Å². The quantitative estimate of drug-likeness (QED) is 0.227. The number of H-pyrrole nitrogens is 1. The molecule has 0 aliphatic carbocycles. The van der Waals surface area contributed by atoms with Crippen LogP contribution in [0, 0.1) is 5.82 Å². The van der Waals surface area contributed by atoms with E-state index in [1.165, 1.54) is 41.9 Å². The standard InChI is InChI=1S/C34H31FN4O2S/c1-38-16-13-22(14-17-38)21-7-9-23(10-8-21)30-19-24-15-18-39(34(40)32(24)42-30)31(26-20-25(35)11-12-29(26)41-2)33-36-27-5-3-4-6-28(27)37-33/h3-12,15,18-20,22,31H,13-14,16-17H2,1-2H3,(H,36,37)/t31-/m0/s1. The molecule has 8 heteroatoms. The number of fused-ring (bicyclic) bond motifs is 2. The summed E-state index contributed by atoms with van der Waals surface area (Å²) in [6.45, 7) is 2.26. The number of benzene rings is 3. The number of piperidine rings is 1. The van der Waals surface area contributed by atoms with Gasteiger partial charge in [-0.3, -0.25) is 9.36 Å². The maximum atomic E-state index is 14.6. The molecule has 1 aliphatic rings. The summed E-state index contributed by atoms with van der Waals surface area (Å²) >= 11 is 1.48. The highest BCUT2D eigenvalue weighted by Gasteiger charge is 2.26. The summed E-state index contributed by atoms with van der Waals surface area (Å²) in [6.07, 6.45) is 4.13. The van der Waals surface area contributed by atoms with E-state index >= 15 is 0 Å². The fourth-order valence-electron chi connectivity index (χ4n) is 6.10. The van der Waals surface area contributed by atoms with Gasteiger partial charge in [0.1, 0.15) is 28.1 Å². The summed E-state index contributed by atoms with van der Waals surface area (Å²) in [5.74, 6) is 1.19. The lowest BCUT2D eigenvalue weighted by Gasteiger charge is -2.29. The number of halogens is 1. The van der Waals surface area contributed by atoms with Gasteiger partial charge >= 0.3 is 0 Å². The minimum atomic E-state index is -0.723. The summed E-state index contributed by atoms with van der Waals surface area (Å²) < 4.78 is 22.5. The molecule has 1 N–H and O–H groups in total. The van der Waals surface area contributed by atoms with Crippen LogP contribution in [0.1, 0.15) is 41.8 Å². The first-order valence-corrected chi connectivity index (χ1v) is 15.0. The fourth-order valence-corrected chi connectivity index (χ4v) is 7.20. The number of aromatic amines is 1. The minimum Gasteiger partial charge on any atom is -0.496 e. The highest BCUT2D eigenvalue weighted by molar-refractivity contribution is 7.22. The van der Waals surface area contributed by atoms with Gasteiger partial charge in [-0.2, -0.15) is 0 Å². The number of imidazole rings is 1. The second kappa shape index (κ2) is 10.9. The topological polar surface area (TPSA) is 63.1 Å². The number of thiophene rings is 1. The minimum absolute atomic E-state index is 0.163. The third kappa shape index (κ3) is 4.80. The van der Waals surface area contributed by atoms with Crippen molar-refractivity contribution in [2.45, 2.75) is 24.8 Å². The van der Waals surface area contributed by atoms with Crippen LogP contribution in [0.25, 0.3) is 31.6 Å². The Labute approximate surface area is 247 Å². The van der Waals surface area contributed by atoms with Gasteiger partial charge in [0.25, 0.3) is 5.56 Å². The van der Waals surface area contributed by atoms with E-state index in [4.69, 9.17) is 9.72 Å². The van der Waals surface area contributed by atoms with Crippen molar-refractivity contribution in [3.05, 3.63) is 118 Å². The van der Waals surface area contributed by atoms with E-state index in [1.807, 2.05) is 30.3 Å². The molecule has 6 aromatic rings. The zero-order chi connectivity index (χ0) is 28.8. The van der Waals surface area contributed by atoms with Gasteiger partial charge in [-0.15, -0.1) is 11.3 Å². The average molecular weight is 579 g/mol. The van der Waals surface area contributed by atoms with Crippen molar-refractivity contribution in [3.63, 3.8) is 0 Å². The highest BCUT2D eigenvalue weighted by Crippen LogP contribution is 2.37. The first-order valence-electron chi connectivity index (χ1n) is 14.2. The van der Waals surface area contributed by atoms with E-state index in [0.717, 1.165) is 39.9 Å². The lowest BCUT2D eigenvalue weighted by atomic mass is 9.89. The molecule has 42 heavy (non-hydrogen) atoms. The second-order valence-electron chi connectivity index (χ2n) is 11.1. The largest absolute Gasteiger partial charge is 0.496 e. The Bertz CT molecular complexity index is 1920. The van der Waals surface area contributed by atoms with Crippen molar-refractivity contribution in [2.75, 3.05) is 27.2 Å². The molecule has 0 saturated carbocycles. The van der Waals surface area contributed by atoms with Crippen LogP contribution in [0.2, 0.25) is 0 Å². The van der Waals surface area contributed by atoms with Crippen molar-refractivity contribution < 1.29 is 9.13 Å². The number of likely N-dealkylation sites (tertiary alicyclic amines) is 1. The number of para-hydroxylation sites is 2. The number of aromatic nitrogens is 3. The van der Waals surface area contributed by atoms with Crippen LogP contribution in [-0.4, -0.2) is 46.7 Å². The number of nitrogens with one attached hydrogen (secondary N) is 1. The van der Waals surface area contributed by atoms with Crippen LogP contribution in [-0.2, 0) is 0 Å². The molecule has 0 bridgehead atoms. The molecular formula is C34H31FN4O2S. The van der Waals surface area contributed by atoms with Gasteiger partial charge in [0.05, 0.1) is 18.1 Å². The number of methoxy groups -OCH3 is 1. The van der Waals surface area contributed by atoms with Gasteiger partial charge in [0.2, 0.25) is 0 Å². The molecule has 0 unspecified atom stereocenters. The van der Waals surface area contributed by atoms with Crippen molar-refractivity contribution in [1.29, 1.82) is 0 Å². The number of ether oxygens (including phenoxy) is 1. The Balaban J connectivity index is 1.31. The molecule has 1 fully saturated rings. The lowest BCUT2D eigenvalue weighted by molar-refractivity contribution is 0.255. The number of pyridine rings is 1. The van der Waals surface area contributed by atoms with Crippen LogP contribution in [0.5, 0.6) is 5.75 Å². The van der Waals surface area contributed by atoms with Crippen molar-refractivity contribution in [1.82, 2.24) is 19.4 Å². The van der Waals surface area contributed by atoms with Gasteiger partial charge in [-0.1, -0.05) is 36.4 Å². The third-order valence-electron chi connectivity index (χ3n) is 8.42. The lowest BCUT2D eigenvalue weighted by Crippen LogP contribution is -2.29. The average Bonchev–Trinajstić information content (AvgIpc) is 3.64. The molecule has 0 radical (unpaired) electrons. The first-order chi connectivity index (χ1) is 20.5. The molecule has 4 heterocycles. The summed E-state index contributed by atoms with van der Waals surface area (Å²) in [5.41, 5.74) is 4.43. The van der Waals surface area contributed by atoms with E-state index in [2.05, 4.69) is 47.3 Å². The van der Waals surface area contributed by atoms with Gasteiger partial charge in [-0.25, -0.2) is 9.37 Å². The van der Waals surface area contributed by atoms with E-state index in [9.17, 15) is 9.18 Å².